The molecule has 94 valence electrons. The summed E-state index contributed by atoms with van der Waals surface area (Å²) in [6.07, 6.45) is 0. The third kappa shape index (κ3) is 2.65. The monoisotopic (exact) mass is 248 g/mol. The lowest BCUT2D eigenvalue weighted by atomic mass is 10.1. The van der Waals surface area contributed by atoms with E-state index in [-0.39, 0.29) is 12.2 Å². The number of benzene rings is 1. The molecule has 0 saturated heterocycles. The maximum Gasteiger partial charge on any atom is 0.339 e. The maximum atomic E-state index is 11.0. The van der Waals surface area contributed by atoms with Crippen LogP contribution in [0.5, 0.6) is 5.75 Å². The van der Waals surface area contributed by atoms with Gasteiger partial charge in [0, 0.05) is 6.92 Å². The van der Waals surface area contributed by atoms with Crippen molar-refractivity contribution in [3.05, 3.63) is 41.1 Å². The van der Waals surface area contributed by atoms with Crippen LogP contribution >= 0.6 is 0 Å². The molecule has 0 unspecified atom stereocenters. The van der Waals surface area contributed by atoms with Gasteiger partial charge in [-0.25, -0.2) is 4.79 Å². The Balaban J connectivity index is 2.17. The molecule has 18 heavy (non-hydrogen) atoms. The molecule has 0 aliphatic rings. The van der Waals surface area contributed by atoms with Crippen LogP contribution in [-0.4, -0.2) is 21.3 Å². The third-order valence-corrected chi connectivity index (χ3v) is 2.29. The predicted molar refractivity (Wildman–Crippen MR) is 61.5 cm³/mol. The van der Waals surface area contributed by atoms with Gasteiger partial charge >= 0.3 is 5.97 Å². The molecule has 0 spiro atoms. The fraction of sp³-hybridized carbons (Fsp3) is 0.250. The SMILES string of the molecule is Cc1ccc(C(=O)O)c(OCc2nnc(C)o2)c1. The average molecular weight is 248 g/mol. The van der Waals surface area contributed by atoms with Crippen molar-refractivity contribution in [2.75, 3.05) is 0 Å². The largest absolute Gasteiger partial charge is 0.483 e. The minimum Gasteiger partial charge on any atom is -0.483 e. The van der Waals surface area contributed by atoms with Crippen molar-refractivity contribution in [1.29, 1.82) is 0 Å². The molecule has 2 rings (SSSR count). The lowest BCUT2D eigenvalue weighted by Crippen LogP contribution is -2.04. The van der Waals surface area contributed by atoms with E-state index in [4.69, 9.17) is 14.3 Å². The normalized spacial score (nSPS) is 10.3. The van der Waals surface area contributed by atoms with Crippen LogP contribution in [-0.2, 0) is 6.61 Å². The Labute approximate surface area is 103 Å². The topological polar surface area (TPSA) is 85.5 Å². The second-order valence-corrected chi connectivity index (χ2v) is 3.81. The highest BCUT2D eigenvalue weighted by Gasteiger charge is 2.12. The van der Waals surface area contributed by atoms with Crippen molar-refractivity contribution in [2.24, 2.45) is 0 Å². The fourth-order valence-electron chi connectivity index (χ4n) is 1.46. The number of carboxylic acid groups (broad SMARTS) is 1. The highest BCUT2D eigenvalue weighted by atomic mass is 16.5. The molecule has 0 bridgehead atoms. The summed E-state index contributed by atoms with van der Waals surface area (Å²) in [5.41, 5.74) is 1.02. The summed E-state index contributed by atoms with van der Waals surface area (Å²) in [7, 11) is 0. The number of hydrogen-bond acceptors (Lipinski definition) is 5. The lowest BCUT2D eigenvalue weighted by molar-refractivity contribution is 0.0691. The van der Waals surface area contributed by atoms with Crippen molar-refractivity contribution in [2.45, 2.75) is 20.5 Å². The van der Waals surface area contributed by atoms with Gasteiger partial charge in [0.15, 0.2) is 6.61 Å². The van der Waals surface area contributed by atoms with E-state index >= 15 is 0 Å². The van der Waals surface area contributed by atoms with E-state index < -0.39 is 5.97 Å². The summed E-state index contributed by atoms with van der Waals surface area (Å²) in [6, 6.07) is 4.88. The second kappa shape index (κ2) is 4.87. The molecule has 0 aliphatic heterocycles. The number of hydrogen-bond donors (Lipinski definition) is 1. The highest BCUT2D eigenvalue weighted by Crippen LogP contribution is 2.21. The van der Waals surface area contributed by atoms with Crippen molar-refractivity contribution in [3.63, 3.8) is 0 Å². The predicted octanol–water partition coefficient (Wildman–Crippen LogP) is 1.96. The van der Waals surface area contributed by atoms with Crippen LogP contribution < -0.4 is 4.74 Å². The van der Waals surface area contributed by atoms with E-state index in [0.717, 1.165) is 5.56 Å². The van der Waals surface area contributed by atoms with Crippen LogP contribution in [0.4, 0.5) is 0 Å². The first-order chi connectivity index (χ1) is 8.56. The molecular formula is C12H12N2O4. The molecule has 0 radical (unpaired) electrons. The first-order valence-electron chi connectivity index (χ1n) is 5.32. The van der Waals surface area contributed by atoms with Gasteiger partial charge in [0.1, 0.15) is 11.3 Å². The van der Waals surface area contributed by atoms with Gasteiger partial charge < -0.3 is 14.3 Å². The molecule has 6 nitrogen and oxygen atoms in total. The zero-order valence-electron chi connectivity index (χ0n) is 10.0. The summed E-state index contributed by atoms with van der Waals surface area (Å²) in [5, 5.41) is 16.5. The van der Waals surface area contributed by atoms with Gasteiger partial charge in [-0.1, -0.05) is 6.07 Å². The standard InChI is InChI=1S/C12H12N2O4/c1-7-3-4-9(12(15)16)10(5-7)17-6-11-14-13-8(2)18-11/h3-5H,6H2,1-2H3,(H,15,16). The van der Waals surface area contributed by atoms with Crippen LogP contribution in [0.3, 0.4) is 0 Å². The molecule has 0 amide bonds. The number of aromatic nitrogens is 2. The molecule has 6 heteroatoms. The van der Waals surface area contributed by atoms with Gasteiger partial charge in [-0.05, 0) is 24.6 Å². The highest BCUT2D eigenvalue weighted by molar-refractivity contribution is 5.90. The number of nitrogens with zero attached hydrogens (tertiary/aromatic N) is 2. The lowest BCUT2D eigenvalue weighted by Gasteiger charge is -2.07. The molecule has 1 aromatic carbocycles. The van der Waals surface area contributed by atoms with Crippen LogP contribution in [0.15, 0.2) is 22.6 Å². The molecule has 2 aromatic rings. The number of ether oxygens (including phenoxy) is 1. The van der Waals surface area contributed by atoms with Gasteiger partial charge in [0.25, 0.3) is 5.89 Å². The van der Waals surface area contributed by atoms with Crippen molar-refractivity contribution >= 4 is 5.97 Å². The van der Waals surface area contributed by atoms with Crippen molar-refractivity contribution in [3.8, 4) is 5.75 Å². The van der Waals surface area contributed by atoms with Gasteiger partial charge in [-0.3, -0.25) is 0 Å². The van der Waals surface area contributed by atoms with E-state index in [1.54, 1.807) is 19.1 Å². The Morgan fingerprint density at radius 3 is 2.78 bits per heavy atom. The smallest absolute Gasteiger partial charge is 0.339 e. The summed E-state index contributed by atoms with van der Waals surface area (Å²) in [4.78, 5) is 11.0. The average Bonchev–Trinajstić information content (AvgIpc) is 2.72. The zero-order valence-corrected chi connectivity index (χ0v) is 10.0. The first kappa shape index (κ1) is 12.1. The van der Waals surface area contributed by atoms with Crippen LogP contribution in [0.1, 0.15) is 27.7 Å². The summed E-state index contributed by atoms with van der Waals surface area (Å²) in [6.45, 7) is 3.58. The van der Waals surface area contributed by atoms with Crippen LogP contribution in [0.2, 0.25) is 0 Å². The maximum absolute atomic E-state index is 11.0. The van der Waals surface area contributed by atoms with E-state index in [0.29, 0.717) is 17.5 Å². The first-order valence-corrected chi connectivity index (χ1v) is 5.32. The molecule has 0 atom stereocenters. The molecule has 0 aliphatic carbocycles. The Morgan fingerprint density at radius 2 is 2.17 bits per heavy atom. The molecule has 1 heterocycles. The summed E-state index contributed by atoms with van der Waals surface area (Å²) >= 11 is 0. The number of carbonyl (C=O) groups is 1. The molecule has 0 saturated carbocycles. The van der Waals surface area contributed by atoms with Gasteiger partial charge in [-0.2, -0.15) is 0 Å². The molecular weight excluding hydrogens is 236 g/mol. The second-order valence-electron chi connectivity index (χ2n) is 3.81. The Hall–Kier alpha value is -2.37. The van der Waals surface area contributed by atoms with E-state index in [2.05, 4.69) is 10.2 Å². The minimum atomic E-state index is -1.04. The van der Waals surface area contributed by atoms with E-state index in [1.165, 1.54) is 6.07 Å². The van der Waals surface area contributed by atoms with Gasteiger partial charge in [0.05, 0.1) is 0 Å². The fourth-order valence-corrected chi connectivity index (χ4v) is 1.46. The number of aromatic carboxylic acids is 1. The number of aryl methyl sites for hydroxylation is 2. The van der Waals surface area contributed by atoms with Crippen LogP contribution in [0.25, 0.3) is 0 Å². The van der Waals surface area contributed by atoms with Crippen molar-refractivity contribution in [1.82, 2.24) is 10.2 Å². The third-order valence-electron chi connectivity index (χ3n) is 2.29. The van der Waals surface area contributed by atoms with Crippen molar-refractivity contribution < 1.29 is 19.1 Å². The molecule has 1 aromatic heterocycles. The Kier molecular flexibility index (Phi) is 3.27. The van der Waals surface area contributed by atoms with Gasteiger partial charge in [-0.15, -0.1) is 10.2 Å². The summed E-state index contributed by atoms with van der Waals surface area (Å²) in [5.74, 6) is 0.00621. The zero-order chi connectivity index (χ0) is 13.1. The minimum absolute atomic E-state index is 0.0462. The van der Waals surface area contributed by atoms with E-state index in [9.17, 15) is 4.79 Å². The van der Waals surface area contributed by atoms with Gasteiger partial charge in [0.2, 0.25) is 5.89 Å². The Morgan fingerprint density at radius 1 is 1.39 bits per heavy atom. The summed E-state index contributed by atoms with van der Waals surface area (Å²) < 4.78 is 10.5. The molecule has 1 N–H and O–H groups in total. The Bertz CT molecular complexity index is 577. The van der Waals surface area contributed by atoms with Crippen LogP contribution in [0, 0.1) is 13.8 Å². The molecule has 0 fully saturated rings. The number of carboxylic acids is 1. The quantitative estimate of drug-likeness (QED) is 0.890. The van der Waals surface area contributed by atoms with E-state index in [1.807, 2.05) is 6.92 Å². The number of rotatable bonds is 4.